The molecule has 0 bridgehead atoms. The van der Waals surface area contributed by atoms with E-state index in [9.17, 15) is 78.2 Å². The van der Waals surface area contributed by atoms with Crippen LogP contribution < -0.4 is 73.6 Å². The quantitative estimate of drug-likeness (QED) is 0.0137. The molecule has 0 saturated carbocycles. The van der Waals surface area contributed by atoms with E-state index >= 15 is 0 Å². The summed E-state index contributed by atoms with van der Waals surface area (Å²) in [7, 11) is 7.78. The van der Waals surface area contributed by atoms with Crippen molar-refractivity contribution in [3.8, 4) is 28.7 Å². The van der Waals surface area contributed by atoms with Crippen molar-refractivity contribution in [2.45, 2.75) is 141 Å². The zero-order chi connectivity index (χ0) is 106. The molecule has 3 aliphatic heterocycles. The zero-order valence-corrected chi connectivity index (χ0v) is 88.2. The third kappa shape index (κ3) is 30.1. The van der Waals surface area contributed by atoms with Crippen molar-refractivity contribution in [3.63, 3.8) is 0 Å². The highest BCUT2D eigenvalue weighted by atomic mass is 127. The number of methoxy groups -OCH3 is 1. The number of anilines is 6. The molecule has 7 amide bonds. The first-order valence-electron chi connectivity index (χ1n) is 46.4. The Labute approximate surface area is 871 Å². The summed E-state index contributed by atoms with van der Waals surface area (Å²) in [5.74, 6) is 0.108. The van der Waals surface area contributed by atoms with Gasteiger partial charge in [-0.1, -0.05) is 153 Å². The van der Waals surface area contributed by atoms with Crippen molar-refractivity contribution in [2.24, 2.45) is 5.92 Å². The highest BCUT2D eigenvalue weighted by Gasteiger charge is 2.42. The van der Waals surface area contributed by atoms with E-state index in [0.717, 1.165) is 117 Å². The number of ether oxygens (including phenoxy) is 4. The number of alkyl halides is 9. The fourth-order valence-corrected chi connectivity index (χ4v) is 16.3. The van der Waals surface area contributed by atoms with Crippen molar-refractivity contribution in [2.75, 3.05) is 105 Å². The van der Waals surface area contributed by atoms with Gasteiger partial charge < -0.3 is 83.2 Å². The highest BCUT2D eigenvalue weighted by molar-refractivity contribution is 6.35. The van der Waals surface area contributed by atoms with Gasteiger partial charge in [-0.05, 0) is 295 Å². The van der Waals surface area contributed by atoms with Gasteiger partial charge in [0, 0.05) is 50.0 Å². The second-order valence-electron chi connectivity index (χ2n) is 36.2. The number of halogens is 13. The van der Waals surface area contributed by atoms with Crippen molar-refractivity contribution < 1.29 is 126 Å². The minimum absolute atomic E-state index is 0. The molecule has 145 heavy (non-hydrogen) atoms. The van der Waals surface area contributed by atoms with Crippen LogP contribution in [0.2, 0.25) is 15.1 Å². The molecule has 12 aromatic rings. The lowest BCUT2D eigenvalue weighted by Crippen LogP contribution is -3.00. The Kier molecular flexibility index (Phi) is 40.4. The first-order chi connectivity index (χ1) is 67.8. The molecule has 0 saturated heterocycles. The molecule has 3 aliphatic rings. The van der Waals surface area contributed by atoms with Gasteiger partial charge in [-0.25, -0.2) is 4.90 Å². The van der Waals surface area contributed by atoms with Crippen LogP contribution in [0.3, 0.4) is 0 Å². The number of hydrogen-bond acceptors (Lipinski definition) is 13. The molecule has 0 aromatic heterocycles. The highest BCUT2D eigenvalue weighted by Crippen LogP contribution is 2.43. The van der Waals surface area contributed by atoms with E-state index in [4.69, 9.17) is 53.8 Å². The van der Waals surface area contributed by atoms with E-state index in [-0.39, 0.29) is 117 Å². The average Bonchev–Trinajstić information content (AvgIpc) is 1.58. The van der Waals surface area contributed by atoms with Crippen LogP contribution in [0.15, 0.2) is 218 Å². The van der Waals surface area contributed by atoms with Crippen LogP contribution in [0.4, 0.5) is 73.6 Å². The topological polar surface area (TPSA) is 226 Å². The number of aryl methyl sites for hydroxylation is 10. The van der Waals surface area contributed by atoms with Gasteiger partial charge in [-0.15, -0.1) is 0 Å². The van der Waals surface area contributed by atoms with Gasteiger partial charge in [0.1, 0.15) is 41.9 Å². The standard InChI is InChI=1S/C22H29ClN2O2.C20H25ClN2O2.C20H24ClNO2.C17H14F3NO2.C17H12F3NO2.C16H12F3NO2.HI/c1-5-25(6-2)13-8-14-27-20-10-7-9-16(3)21(20)22(26)24-18-11-12-19(23)17(4)15-18;1-14-7-6-8-18(25-12-11-23(3,4)5)19(14)20(24)22-16-9-10-17(21)15(2)13-16;1-13(2)10-11-24-18-7-5-6-14(3)19(18)20(23)22-16-8-9-17(21)15(4)12-16;1-10-6-7-12(8-13(10)17(18,19)20)21-9-11-4-3-5-14(23-2)15(11)16(21)22;1-9-6-7-11(8-13(9)17(18,19)20)21-15(22)12-5-3-4-10(2)14(12)16(21)23;1-9-5-6-11(7-12(9)16(17,18)19)20-8-10-3-2-4-13(21)14(10)15(20)22;/h7,9-12,15H,5-6,8,13-14H2,1-4H3,(H,24,26);6-10,13H,11-12H2,1-5H3;5-9,12-13H,10-11H2,1-4H3,(H,22,23);3-8H,9H2,1-2H3;3-8H,1-2H3;2-7,21H,8H2,1H3;1H. The number of nitrogens with zero attached hydrogens (tertiary/aromatic N) is 5. The number of carbonyl (C=O) groups is 7. The maximum absolute atomic E-state index is 13.1. The van der Waals surface area contributed by atoms with Crippen molar-refractivity contribution in [1.29, 1.82) is 0 Å². The predicted molar refractivity (Wildman–Crippen MR) is 550 cm³/mol. The Morgan fingerprint density at radius 1 is 0.414 bits per heavy atom. The van der Waals surface area contributed by atoms with Gasteiger partial charge in [-0.3, -0.25) is 33.6 Å². The van der Waals surface area contributed by atoms with Crippen molar-refractivity contribution in [1.82, 2.24) is 4.90 Å². The normalized spacial score (nSPS) is 12.5. The number of quaternary nitrogens is 1. The number of phenolic OH excluding ortho intramolecular Hbond substituents is 1. The Balaban J connectivity index is 0.000000194. The fourth-order valence-electron chi connectivity index (χ4n) is 15.9. The lowest BCUT2D eigenvalue weighted by Gasteiger charge is -2.24. The SMILES string of the molecule is CCN(CC)CCCOc1cccc(C)c1C(=O)Nc1ccc(Cl)c(C)c1.COc1cccc2c1C(=O)N(c1ccc(C)c(C(F)(F)F)c1)C2.Cc1cc(NC(=O)c2c(C)cccc2OCCC(C)C)ccc1Cl.Cc1cc(NC(=O)c2c(C)cccc2OCC[N+](C)(C)C)ccc1Cl.Cc1ccc(N2C(=O)c3cccc(C)c3C2=O)cc1C(F)(F)F.Cc1ccc(N2Cc3cccc(O)c3C2=O)cc1C(F)(F)F.[I-]. The zero-order valence-electron chi connectivity index (χ0n) is 83.7. The van der Waals surface area contributed by atoms with E-state index in [1.165, 1.54) is 86.2 Å². The summed E-state index contributed by atoms with van der Waals surface area (Å²) < 4.78 is 141. The van der Waals surface area contributed by atoms with Gasteiger partial charge in [0.2, 0.25) is 0 Å². The summed E-state index contributed by atoms with van der Waals surface area (Å²) in [5, 5.41) is 20.6. The molecule has 0 spiro atoms. The number of imide groups is 1. The van der Waals surface area contributed by atoms with Crippen molar-refractivity contribution in [3.05, 3.63) is 356 Å². The third-order valence-corrected chi connectivity index (χ3v) is 25.3. The van der Waals surface area contributed by atoms with Crippen molar-refractivity contribution >= 4 is 110 Å². The summed E-state index contributed by atoms with van der Waals surface area (Å²) >= 11 is 18.1. The number of nitrogens with one attached hydrogen (secondary N) is 3. The third-order valence-electron chi connectivity index (χ3n) is 24.0. The Morgan fingerprint density at radius 3 is 1.15 bits per heavy atom. The van der Waals surface area contributed by atoms with Crippen LogP contribution >= 0.6 is 34.8 Å². The molecule has 0 fully saturated rings. The minimum atomic E-state index is -4.55. The number of carbonyl (C=O) groups excluding carboxylic acids is 7. The van der Waals surface area contributed by atoms with Gasteiger partial charge in [0.25, 0.3) is 41.4 Å². The first-order valence-corrected chi connectivity index (χ1v) is 47.5. The molecule has 0 radical (unpaired) electrons. The molecule has 12 aromatic carbocycles. The van der Waals surface area contributed by atoms with E-state index in [1.54, 1.807) is 85.8 Å². The molecule has 4 N–H and O–H groups in total. The van der Waals surface area contributed by atoms with Crippen LogP contribution in [0.25, 0.3) is 0 Å². The monoisotopic (exact) mass is 2170 g/mol. The molecular formula is C112H117Cl3F9IN8O12. The van der Waals surface area contributed by atoms with Crippen LogP contribution in [0.1, 0.15) is 196 Å². The molecule has 15 rings (SSSR count). The molecule has 0 atom stereocenters. The van der Waals surface area contributed by atoms with Gasteiger partial charge in [0.15, 0.2) is 0 Å². The van der Waals surface area contributed by atoms with E-state index in [2.05, 4.69) is 69.7 Å². The van der Waals surface area contributed by atoms with E-state index in [0.29, 0.717) is 103 Å². The number of amides is 7. The lowest BCUT2D eigenvalue weighted by atomic mass is 10.0. The Morgan fingerprint density at radius 2 is 0.772 bits per heavy atom. The second-order valence-corrected chi connectivity index (χ2v) is 37.5. The summed E-state index contributed by atoms with van der Waals surface area (Å²) in [6, 6.07) is 59.2. The predicted octanol–water partition coefficient (Wildman–Crippen LogP) is 24.4. The number of rotatable bonds is 25. The van der Waals surface area contributed by atoms with Gasteiger partial charge in [0.05, 0.1) is 116 Å². The molecule has 33 heteroatoms. The lowest BCUT2D eigenvalue weighted by molar-refractivity contribution is -0.870. The number of aromatic hydroxyl groups is 1. The van der Waals surface area contributed by atoms with E-state index in [1.807, 2.05) is 114 Å². The number of likely N-dealkylation sites (N-methyl/N-ethyl adjacent to an activating group) is 1. The minimum Gasteiger partial charge on any atom is -1.00 e. The van der Waals surface area contributed by atoms with Crippen LogP contribution in [0.5, 0.6) is 28.7 Å². The summed E-state index contributed by atoms with van der Waals surface area (Å²) in [4.78, 5) is 94.0. The van der Waals surface area contributed by atoms with Gasteiger partial charge >= 0.3 is 18.5 Å². The molecule has 0 aliphatic carbocycles. The van der Waals surface area contributed by atoms with E-state index < -0.39 is 52.9 Å². The van der Waals surface area contributed by atoms with Crippen LogP contribution in [-0.4, -0.2) is 130 Å². The second kappa shape index (κ2) is 50.7. The first kappa shape index (κ1) is 116. The molecule has 0 unspecified atom stereocenters. The summed E-state index contributed by atoms with van der Waals surface area (Å²) in [6.07, 6.45) is -11.6. The average molecular weight is 2170 g/mol. The molecule has 3 heterocycles. The maximum atomic E-state index is 13.1. The Hall–Kier alpha value is -13.0. The molecule has 20 nitrogen and oxygen atoms in total. The maximum Gasteiger partial charge on any atom is 0.416 e. The smallest absolute Gasteiger partial charge is 0.416 e. The summed E-state index contributed by atoms with van der Waals surface area (Å²) in [6.45, 7) is 31.9. The number of hydrogen-bond donors (Lipinski definition) is 4. The molecular weight excluding hydrogens is 2050 g/mol. The molecule has 768 valence electrons. The van der Waals surface area contributed by atoms with Crippen LogP contribution in [-0.2, 0) is 31.6 Å². The number of fused-ring (bicyclic) bond motifs is 3. The largest absolute Gasteiger partial charge is 1.00 e. The number of benzene rings is 12. The number of phenols is 1. The fraction of sp³-hybridized carbons (Fsp3) is 0.295. The van der Waals surface area contributed by atoms with Crippen LogP contribution in [0, 0.1) is 75.2 Å². The Bertz CT molecular complexity index is 6730. The summed E-state index contributed by atoms with van der Waals surface area (Å²) in [5.41, 5.74) is 10.5. The van der Waals surface area contributed by atoms with Gasteiger partial charge in [-0.2, -0.15) is 39.5 Å².